The van der Waals surface area contributed by atoms with Crippen LogP contribution in [0.3, 0.4) is 0 Å². The minimum atomic E-state index is -0.0136. The van der Waals surface area contributed by atoms with Crippen molar-refractivity contribution in [1.82, 2.24) is 14.8 Å². The standard InChI is InChI=1S/C24H19ClN4O3S/c25-18-7-3-15(4-8-18)23-27-28-24(29(23)13-19-2-1-11-32-19)33-14-21(30)17-5-9-20-16(12-17)6-10-22(31)26-20/h1-5,7-9,11-12H,6,10,13-14H2,(H,26,31). The largest absolute Gasteiger partial charge is 0.467 e. The van der Waals surface area contributed by atoms with Crippen LogP contribution in [0.4, 0.5) is 5.69 Å². The summed E-state index contributed by atoms with van der Waals surface area (Å²) in [6.45, 7) is 0.438. The van der Waals surface area contributed by atoms with Crippen molar-refractivity contribution in [3.05, 3.63) is 82.8 Å². The number of hydrogen-bond donors (Lipinski definition) is 1. The molecule has 0 saturated heterocycles. The summed E-state index contributed by atoms with van der Waals surface area (Å²) < 4.78 is 7.46. The van der Waals surface area contributed by atoms with E-state index in [9.17, 15) is 9.59 Å². The molecule has 0 aliphatic carbocycles. The number of nitrogens with one attached hydrogen (secondary N) is 1. The third-order valence-corrected chi connectivity index (χ3v) is 6.59. The first-order valence-electron chi connectivity index (χ1n) is 10.4. The van der Waals surface area contributed by atoms with E-state index in [-0.39, 0.29) is 17.4 Å². The topological polar surface area (TPSA) is 90.0 Å². The summed E-state index contributed by atoms with van der Waals surface area (Å²) in [6.07, 6.45) is 2.69. The van der Waals surface area contributed by atoms with Gasteiger partial charge in [-0.05, 0) is 66.6 Å². The summed E-state index contributed by atoms with van der Waals surface area (Å²) >= 11 is 7.36. The molecule has 33 heavy (non-hydrogen) atoms. The first-order chi connectivity index (χ1) is 16.1. The molecule has 0 radical (unpaired) electrons. The minimum Gasteiger partial charge on any atom is -0.467 e. The number of aryl methyl sites for hydroxylation is 1. The molecule has 3 heterocycles. The van der Waals surface area contributed by atoms with Crippen molar-refractivity contribution in [1.29, 1.82) is 0 Å². The molecule has 5 rings (SSSR count). The van der Waals surface area contributed by atoms with Crippen LogP contribution in [0.15, 0.2) is 70.4 Å². The Labute approximate surface area is 199 Å². The highest BCUT2D eigenvalue weighted by Gasteiger charge is 2.19. The number of aromatic nitrogens is 3. The van der Waals surface area contributed by atoms with Crippen LogP contribution in [0.2, 0.25) is 5.02 Å². The lowest BCUT2D eigenvalue weighted by Gasteiger charge is -2.17. The molecule has 0 spiro atoms. The quantitative estimate of drug-likeness (QED) is 0.293. The summed E-state index contributed by atoms with van der Waals surface area (Å²) in [4.78, 5) is 24.5. The predicted molar refractivity (Wildman–Crippen MR) is 127 cm³/mol. The van der Waals surface area contributed by atoms with E-state index >= 15 is 0 Å². The van der Waals surface area contributed by atoms with Crippen LogP contribution in [0, 0.1) is 0 Å². The summed E-state index contributed by atoms with van der Waals surface area (Å²) in [5.74, 6) is 1.63. The zero-order valence-electron chi connectivity index (χ0n) is 17.5. The summed E-state index contributed by atoms with van der Waals surface area (Å²) in [5, 5.41) is 12.8. The molecule has 0 unspecified atom stereocenters. The van der Waals surface area contributed by atoms with Crippen molar-refractivity contribution >= 4 is 40.7 Å². The number of ketones is 1. The fraction of sp³-hybridized carbons (Fsp3) is 0.167. The molecule has 7 nitrogen and oxygen atoms in total. The van der Waals surface area contributed by atoms with Crippen molar-refractivity contribution in [2.75, 3.05) is 11.1 Å². The Morgan fingerprint density at radius 2 is 1.97 bits per heavy atom. The van der Waals surface area contributed by atoms with Crippen LogP contribution >= 0.6 is 23.4 Å². The van der Waals surface area contributed by atoms with Crippen molar-refractivity contribution in [2.45, 2.75) is 24.5 Å². The number of hydrogen-bond acceptors (Lipinski definition) is 6. The van der Waals surface area contributed by atoms with E-state index < -0.39 is 0 Å². The lowest BCUT2D eigenvalue weighted by Crippen LogP contribution is -2.19. The van der Waals surface area contributed by atoms with Crippen LogP contribution in [0.5, 0.6) is 0 Å². The molecule has 1 N–H and O–H groups in total. The molecule has 2 aromatic carbocycles. The van der Waals surface area contributed by atoms with Crippen LogP contribution in [0.1, 0.15) is 28.1 Å². The Morgan fingerprint density at radius 3 is 2.76 bits per heavy atom. The number of carbonyl (C=O) groups excluding carboxylic acids is 2. The number of nitrogens with zero attached hydrogens (tertiary/aromatic N) is 3. The van der Waals surface area contributed by atoms with E-state index in [4.69, 9.17) is 16.0 Å². The second-order valence-corrected chi connectivity index (χ2v) is 8.99. The van der Waals surface area contributed by atoms with Gasteiger partial charge >= 0.3 is 0 Å². The van der Waals surface area contributed by atoms with Gasteiger partial charge in [-0.3, -0.25) is 14.2 Å². The maximum Gasteiger partial charge on any atom is 0.224 e. The lowest BCUT2D eigenvalue weighted by molar-refractivity contribution is -0.116. The van der Waals surface area contributed by atoms with Gasteiger partial charge in [-0.1, -0.05) is 23.4 Å². The Kier molecular flexibility index (Phi) is 6.02. The van der Waals surface area contributed by atoms with Gasteiger partial charge in [0.2, 0.25) is 5.91 Å². The highest BCUT2D eigenvalue weighted by molar-refractivity contribution is 7.99. The Bertz CT molecular complexity index is 1320. The highest BCUT2D eigenvalue weighted by Crippen LogP contribution is 2.28. The third kappa shape index (κ3) is 4.72. The van der Waals surface area contributed by atoms with Gasteiger partial charge in [0, 0.05) is 28.3 Å². The van der Waals surface area contributed by atoms with E-state index in [0.29, 0.717) is 41.0 Å². The SMILES string of the molecule is O=C1CCc2cc(C(=O)CSc3nnc(-c4ccc(Cl)cc4)n3Cc3ccco3)ccc2N1. The van der Waals surface area contributed by atoms with Gasteiger partial charge in [0.25, 0.3) is 0 Å². The van der Waals surface area contributed by atoms with Crippen LogP contribution in [-0.4, -0.2) is 32.2 Å². The number of carbonyl (C=O) groups is 2. The third-order valence-electron chi connectivity index (χ3n) is 5.37. The lowest BCUT2D eigenvalue weighted by atomic mass is 9.99. The molecule has 0 fully saturated rings. The average molecular weight is 479 g/mol. The molecule has 0 bridgehead atoms. The predicted octanol–water partition coefficient (Wildman–Crippen LogP) is 5.10. The zero-order chi connectivity index (χ0) is 22.8. The molecule has 1 aliphatic rings. The number of rotatable bonds is 7. The number of halogens is 1. The number of fused-ring (bicyclic) bond motifs is 1. The Morgan fingerprint density at radius 1 is 1.12 bits per heavy atom. The minimum absolute atomic E-state index is 0.00418. The summed E-state index contributed by atoms with van der Waals surface area (Å²) in [5.41, 5.74) is 3.25. The molecular formula is C24H19ClN4O3S. The molecule has 4 aromatic rings. The van der Waals surface area contributed by atoms with Gasteiger partial charge in [0.1, 0.15) is 5.76 Å². The molecule has 0 atom stereocenters. The van der Waals surface area contributed by atoms with E-state index in [2.05, 4.69) is 15.5 Å². The van der Waals surface area contributed by atoms with E-state index in [1.807, 2.05) is 34.9 Å². The maximum absolute atomic E-state index is 12.9. The average Bonchev–Trinajstić information content (AvgIpc) is 3.48. The van der Waals surface area contributed by atoms with Crippen molar-refractivity contribution in [2.24, 2.45) is 0 Å². The first-order valence-corrected chi connectivity index (χ1v) is 11.7. The summed E-state index contributed by atoms with van der Waals surface area (Å²) in [7, 11) is 0. The van der Waals surface area contributed by atoms with E-state index in [0.717, 1.165) is 22.6 Å². The maximum atomic E-state index is 12.9. The Hall–Kier alpha value is -3.36. The van der Waals surface area contributed by atoms with Crippen LogP contribution in [0.25, 0.3) is 11.4 Å². The monoisotopic (exact) mass is 478 g/mol. The number of amides is 1. The van der Waals surface area contributed by atoms with E-state index in [1.165, 1.54) is 11.8 Å². The number of Topliss-reactive ketones (excluding diaryl/α,β-unsaturated/α-hetero) is 1. The second-order valence-electron chi connectivity index (χ2n) is 7.61. The first kappa shape index (κ1) is 21.5. The van der Waals surface area contributed by atoms with Crippen molar-refractivity contribution < 1.29 is 14.0 Å². The molecular weight excluding hydrogens is 460 g/mol. The molecule has 9 heteroatoms. The van der Waals surface area contributed by atoms with Crippen LogP contribution in [-0.2, 0) is 17.8 Å². The molecule has 2 aromatic heterocycles. The molecule has 0 saturated carbocycles. The van der Waals surface area contributed by atoms with Crippen LogP contribution < -0.4 is 5.32 Å². The van der Waals surface area contributed by atoms with Crippen molar-refractivity contribution in [3.8, 4) is 11.4 Å². The van der Waals surface area contributed by atoms with Crippen molar-refractivity contribution in [3.63, 3.8) is 0 Å². The number of benzene rings is 2. The fourth-order valence-electron chi connectivity index (χ4n) is 3.68. The summed E-state index contributed by atoms with van der Waals surface area (Å²) in [6, 6.07) is 16.5. The normalized spacial score (nSPS) is 12.9. The Balaban J connectivity index is 1.37. The molecule has 1 amide bonds. The van der Waals surface area contributed by atoms with Gasteiger partial charge in [0.15, 0.2) is 16.8 Å². The van der Waals surface area contributed by atoms with Gasteiger partial charge in [-0.25, -0.2) is 0 Å². The molecule has 1 aliphatic heterocycles. The van der Waals surface area contributed by atoms with E-state index in [1.54, 1.807) is 30.5 Å². The zero-order valence-corrected chi connectivity index (χ0v) is 19.0. The smallest absolute Gasteiger partial charge is 0.224 e. The van der Waals surface area contributed by atoms with Gasteiger partial charge in [-0.2, -0.15) is 0 Å². The van der Waals surface area contributed by atoms with Gasteiger partial charge < -0.3 is 9.73 Å². The van der Waals surface area contributed by atoms with Gasteiger partial charge in [-0.15, -0.1) is 10.2 Å². The number of anilines is 1. The van der Waals surface area contributed by atoms with Gasteiger partial charge in [0.05, 0.1) is 18.6 Å². The number of furan rings is 1. The second kappa shape index (κ2) is 9.25. The number of thioether (sulfide) groups is 1. The molecule has 166 valence electrons. The fourth-order valence-corrected chi connectivity index (χ4v) is 4.64. The highest BCUT2D eigenvalue weighted by atomic mass is 35.5.